The monoisotopic (exact) mass is 319 g/mol. The number of hydrogen-bond donors (Lipinski definition) is 3. The van der Waals surface area contributed by atoms with Gasteiger partial charge in [-0.1, -0.05) is 24.3 Å². The van der Waals surface area contributed by atoms with E-state index in [1.165, 1.54) is 17.6 Å². The van der Waals surface area contributed by atoms with Gasteiger partial charge in [0.15, 0.2) is 0 Å². The van der Waals surface area contributed by atoms with Crippen molar-refractivity contribution in [2.24, 2.45) is 0 Å². The van der Waals surface area contributed by atoms with Crippen LogP contribution in [0.4, 0.5) is 4.39 Å². The van der Waals surface area contributed by atoms with Crippen molar-refractivity contribution in [3.8, 4) is 0 Å². The lowest BCUT2D eigenvalue weighted by Crippen LogP contribution is -2.24. The third kappa shape index (κ3) is 2.64. The fourth-order valence-electron chi connectivity index (χ4n) is 2.32. The minimum absolute atomic E-state index is 0.0646. The van der Waals surface area contributed by atoms with Crippen LogP contribution in [-0.4, -0.2) is 15.0 Å². The summed E-state index contributed by atoms with van der Waals surface area (Å²) in [5, 5.41) is 3.94. The number of amides is 1. The molecule has 0 aromatic heterocycles. The van der Waals surface area contributed by atoms with Crippen LogP contribution in [0.25, 0.3) is 6.08 Å². The van der Waals surface area contributed by atoms with Crippen LogP contribution < -0.4 is 5.32 Å². The van der Waals surface area contributed by atoms with Gasteiger partial charge >= 0.3 is 0 Å². The highest BCUT2D eigenvalue weighted by Gasteiger charge is 2.25. The van der Waals surface area contributed by atoms with Gasteiger partial charge in [-0.25, -0.2) is 4.39 Å². The van der Waals surface area contributed by atoms with Crippen molar-refractivity contribution in [1.29, 1.82) is 0 Å². The molecule has 0 radical (unpaired) electrons. The molecule has 0 fully saturated rings. The topological polar surface area (TPSA) is 69.6 Å². The molecule has 1 aliphatic heterocycles. The first-order valence-corrected chi connectivity index (χ1v) is 8.21. The van der Waals surface area contributed by atoms with E-state index in [0.29, 0.717) is 21.6 Å². The van der Waals surface area contributed by atoms with Gasteiger partial charge < -0.3 is 5.32 Å². The lowest BCUT2D eigenvalue weighted by Gasteiger charge is -2.25. The zero-order valence-electron chi connectivity index (χ0n) is 11.5. The second-order valence-electron chi connectivity index (χ2n) is 4.89. The van der Waals surface area contributed by atoms with Crippen molar-refractivity contribution in [3.05, 3.63) is 70.4 Å². The molecule has 4 nitrogen and oxygen atoms in total. The van der Waals surface area contributed by atoms with E-state index in [2.05, 4.69) is 5.32 Å². The number of hydrogen-bond acceptors (Lipinski definition) is 3. The Kier molecular flexibility index (Phi) is 3.74. The van der Waals surface area contributed by atoms with Gasteiger partial charge in [0.25, 0.3) is 5.91 Å². The minimum atomic E-state index is -2.96. The van der Waals surface area contributed by atoms with Crippen LogP contribution in [-0.2, 0) is 6.54 Å². The number of nitrogens with one attached hydrogen (secondary N) is 1. The molecule has 3 rings (SSSR count). The van der Waals surface area contributed by atoms with Crippen molar-refractivity contribution < 1.29 is 18.3 Å². The van der Waals surface area contributed by atoms with Crippen molar-refractivity contribution in [2.75, 3.05) is 0 Å². The molecule has 0 bridgehead atoms. The number of rotatable bonds is 3. The van der Waals surface area contributed by atoms with Gasteiger partial charge in [-0.15, -0.1) is 10.6 Å². The molecule has 2 aromatic rings. The first-order valence-electron chi connectivity index (χ1n) is 6.60. The van der Waals surface area contributed by atoms with Crippen molar-refractivity contribution in [2.45, 2.75) is 11.4 Å². The summed E-state index contributed by atoms with van der Waals surface area (Å²) < 4.78 is 33.3. The Morgan fingerprint density at radius 2 is 1.91 bits per heavy atom. The largest absolute Gasteiger partial charge is 0.348 e. The predicted octanol–water partition coefficient (Wildman–Crippen LogP) is 3.85. The van der Waals surface area contributed by atoms with Crippen molar-refractivity contribution >= 4 is 22.6 Å². The van der Waals surface area contributed by atoms with Gasteiger partial charge in [-0.3, -0.25) is 13.9 Å². The van der Waals surface area contributed by atoms with E-state index in [4.69, 9.17) is 0 Å². The SMILES string of the molecule is O=C(NCc1ccccc1F)c1cccc2c1C=CS2(O)O. The number of benzene rings is 2. The third-order valence-corrected chi connectivity index (χ3v) is 4.98. The lowest BCUT2D eigenvalue weighted by molar-refractivity contribution is 0.0950. The summed E-state index contributed by atoms with van der Waals surface area (Å²) in [7, 11) is -2.96. The van der Waals surface area contributed by atoms with Crippen molar-refractivity contribution in [3.63, 3.8) is 0 Å². The molecule has 1 aliphatic rings. The molecule has 6 heteroatoms. The average Bonchev–Trinajstić information content (AvgIpc) is 2.82. The Labute approximate surface area is 128 Å². The van der Waals surface area contributed by atoms with Gasteiger partial charge in [-0.05, 0) is 24.3 Å². The van der Waals surface area contributed by atoms with Crippen LogP contribution in [0.2, 0.25) is 0 Å². The van der Waals surface area contributed by atoms with Gasteiger partial charge in [0.2, 0.25) is 0 Å². The molecule has 22 heavy (non-hydrogen) atoms. The van der Waals surface area contributed by atoms with E-state index in [0.717, 1.165) is 0 Å². The Morgan fingerprint density at radius 1 is 1.14 bits per heavy atom. The van der Waals surface area contributed by atoms with Crippen LogP contribution in [0, 0.1) is 5.82 Å². The van der Waals surface area contributed by atoms with Gasteiger partial charge in [0.1, 0.15) is 5.82 Å². The molecule has 0 spiro atoms. The van der Waals surface area contributed by atoms with Crippen LogP contribution in [0.1, 0.15) is 21.5 Å². The Morgan fingerprint density at radius 3 is 2.68 bits per heavy atom. The van der Waals surface area contributed by atoms with Gasteiger partial charge in [0, 0.05) is 28.6 Å². The Bertz CT molecular complexity index is 774. The highest BCUT2D eigenvalue weighted by Crippen LogP contribution is 2.56. The summed E-state index contributed by atoms with van der Waals surface area (Å²) in [6.45, 7) is 0.0646. The van der Waals surface area contributed by atoms with Gasteiger partial charge in [-0.2, -0.15) is 0 Å². The molecule has 0 atom stereocenters. The second kappa shape index (κ2) is 5.57. The second-order valence-corrected chi connectivity index (χ2v) is 6.78. The first kappa shape index (κ1) is 14.8. The third-order valence-electron chi connectivity index (χ3n) is 3.46. The van der Waals surface area contributed by atoms with Gasteiger partial charge in [0.05, 0.1) is 4.90 Å². The van der Waals surface area contributed by atoms with E-state index >= 15 is 0 Å². The van der Waals surface area contributed by atoms with Crippen LogP contribution >= 0.6 is 10.6 Å². The lowest BCUT2D eigenvalue weighted by atomic mass is 10.1. The molecular formula is C16H14FNO3S. The minimum Gasteiger partial charge on any atom is -0.348 e. The standard InChI is InChI=1S/C16H14FNO3S/c17-14-6-2-1-4-11(14)10-18-16(19)13-5-3-7-15-12(13)8-9-22(15,20)21/h1-9,20-21H,10H2,(H,18,19). The summed E-state index contributed by atoms with van der Waals surface area (Å²) in [5.41, 5.74) is 1.22. The fourth-order valence-corrected chi connectivity index (χ4v) is 3.58. The molecular weight excluding hydrogens is 305 g/mol. The molecule has 114 valence electrons. The smallest absolute Gasteiger partial charge is 0.252 e. The zero-order chi connectivity index (χ0) is 15.7. The van der Waals surface area contributed by atoms with Crippen LogP contribution in [0.3, 0.4) is 0 Å². The molecule has 2 aromatic carbocycles. The summed E-state index contributed by atoms with van der Waals surface area (Å²) in [5.74, 6) is -0.767. The normalized spacial score (nSPS) is 16.1. The highest BCUT2D eigenvalue weighted by atomic mass is 32.3. The molecule has 0 aliphatic carbocycles. The highest BCUT2D eigenvalue weighted by molar-refractivity contribution is 8.27. The van der Waals surface area contributed by atoms with E-state index in [-0.39, 0.29) is 18.3 Å². The Hall–Kier alpha value is -2.15. The molecule has 1 heterocycles. The fraction of sp³-hybridized carbons (Fsp3) is 0.0625. The maximum Gasteiger partial charge on any atom is 0.252 e. The summed E-state index contributed by atoms with van der Waals surface area (Å²) >= 11 is 0. The molecule has 3 N–H and O–H groups in total. The zero-order valence-corrected chi connectivity index (χ0v) is 12.3. The molecule has 0 unspecified atom stereocenters. The maximum atomic E-state index is 13.5. The summed E-state index contributed by atoms with van der Waals surface area (Å²) in [4.78, 5) is 12.6. The quantitative estimate of drug-likeness (QED) is 0.805. The maximum absolute atomic E-state index is 13.5. The summed E-state index contributed by atoms with van der Waals surface area (Å²) in [6.07, 6.45) is 1.53. The average molecular weight is 319 g/mol. The molecule has 1 amide bonds. The van der Waals surface area contributed by atoms with Crippen molar-refractivity contribution in [1.82, 2.24) is 5.32 Å². The van der Waals surface area contributed by atoms with Crippen LogP contribution in [0.15, 0.2) is 52.8 Å². The summed E-state index contributed by atoms with van der Waals surface area (Å²) in [6, 6.07) is 11.0. The predicted molar refractivity (Wildman–Crippen MR) is 84.2 cm³/mol. The number of carbonyl (C=O) groups excluding carboxylic acids is 1. The molecule has 0 saturated carbocycles. The number of carbonyl (C=O) groups is 1. The van der Waals surface area contributed by atoms with E-state index in [9.17, 15) is 18.3 Å². The molecule has 0 saturated heterocycles. The number of halogens is 1. The number of fused-ring (bicyclic) bond motifs is 1. The Balaban J connectivity index is 1.82. The first-order chi connectivity index (χ1) is 10.5. The van der Waals surface area contributed by atoms with E-state index in [1.807, 2.05) is 0 Å². The van der Waals surface area contributed by atoms with E-state index < -0.39 is 10.6 Å². The van der Waals surface area contributed by atoms with Crippen LogP contribution in [0.5, 0.6) is 0 Å². The van der Waals surface area contributed by atoms with E-state index in [1.54, 1.807) is 36.4 Å².